The first-order chi connectivity index (χ1) is 11.6. The summed E-state index contributed by atoms with van der Waals surface area (Å²) < 4.78 is 33.8. The topological polar surface area (TPSA) is 58.9 Å². The van der Waals surface area contributed by atoms with E-state index in [-0.39, 0.29) is 25.9 Å². The summed E-state index contributed by atoms with van der Waals surface area (Å²) in [5, 5.41) is 6.87. The Labute approximate surface area is 144 Å². The molecule has 8 heteroatoms. The lowest BCUT2D eigenvalue weighted by molar-refractivity contribution is -0.0220. The maximum atomic E-state index is 13.4. The van der Waals surface area contributed by atoms with E-state index in [9.17, 15) is 13.6 Å². The summed E-state index contributed by atoms with van der Waals surface area (Å²) in [4.78, 5) is 13.9. The smallest absolute Gasteiger partial charge is 0.412 e. The first-order valence-electron chi connectivity index (χ1n) is 8.23. The molecule has 1 N–H and O–H groups in total. The fourth-order valence-electron chi connectivity index (χ4n) is 2.83. The normalized spacial score (nSPS) is 17.6. The summed E-state index contributed by atoms with van der Waals surface area (Å²) in [5.74, 6) is -2.61. The molecule has 0 bridgehead atoms. The molecule has 0 radical (unpaired) electrons. The van der Waals surface area contributed by atoms with Crippen molar-refractivity contribution in [2.24, 2.45) is 0 Å². The minimum atomic E-state index is -2.61. The molecule has 3 rings (SSSR count). The van der Waals surface area contributed by atoms with Crippen LogP contribution in [0.1, 0.15) is 33.6 Å². The highest BCUT2D eigenvalue weighted by atomic mass is 19.3. The van der Waals surface area contributed by atoms with Gasteiger partial charge in [-0.1, -0.05) is 0 Å². The zero-order valence-electron chi connectivity index (χ0n) is 14.6. The summed E-state index contributed by atoms with van der Waals surface area (Å²) in [6.45, 7) is 5.85. The zero-order chi connectivity index (χ0) is 18.2. The number of nitrogens with one attached hydrogen (secondary N) is 1. The van der Waals surface area contributed by atoms with Crippen molar-refractivity contribution in [3.05, 3.63) is 24.5 Å². The molecule has 2 aromatic rings. The Kier molecular flexibility index (Phi) is 4.30. The minimum absolute atomic E-state index is 0.184. The Morgan fingerprint density at radius 2 is 2.00 bits per heavy atom. The molecule has 0 aliphatic carbocycles. The van der Waals surface area contributed by atoms with Gasteiger partial charge in [-0.2, -0.15) is 5.10 Å². The van der Waals surface area contributed by atoms with Crippen LogP contribution in [0.3, 0.4) is 0 Å². The fraction of sp³-hybridized carbons (Fsp3) is 0.529. The molecule has 0 aromatic carbocycles. The first kappa shape index (κ1) is 17.4. The average molecular weight is 352 g/mol. The van der Waals surface area contributed by atoms with Gasteiger partial charge in [0.05, 0.1) is 29.3 Å². The average Bonchev–Trinajstić information content (AvgIpc) is 2.92. The molecule has 25 heavy (non-hydrogen) atoms. The van der Waals surface area contributed by atoms with Gasteiger partial charge < -0.3 is 9.64 Å². The van der Waals surface area contributed by atoms with Crippen LogP contribution in [0, 0.1) is 0 Å². The van der Waals surface area contributed by atoms with Crippen LogP contribution in [0.15, 0.2) is 24.5 Å². The monoisotopic (exact) mass is 352 g/mol. The standard InChI is InChI=1S/C17H22F2N4O2/c1-16(2,3)25-15(24)21-12-10-14(13-4-7-20-23(13)11-12)22-8-5-17(18,19)6-9-22/h4,7,10-11H,5-6,8-9H2,1-3H3,(H,21,24). The number of ether oxygens (including phenoxy) is 1. The number of carbonyl (C=O) groups excluding carboxylic acids is 1. The van der Waals surface area contributed by atoms with Gasteiger partial charge in [-0.25, -0.2) is 18.1 Å². The zero-order valence-corrected chi connectivity index (χ0v) is 14.6. The fourth-order valence-corrected chi connectivity index (χ4v) is 2.83. The first-order valence-corrected chi connectivity index (χ1v) is 8.23. The summed E-state index contributed by atoms with van der Waals surface area (Å²) in [6.07, 6.45) is 2.36. The van der Waals surface area contributed by atoms with Crippen molar-refractivity contribution < 1.29 is 18.3 Å². The highest BCUT2D eigenvalue weighted by molar-refractivity contribution is 5.87. The van der Waals surface area contributed by atoms with E-state index < -0.39 is 17.6 Å². The molecule has 1 aliphatic rings. The van der Waals surface area contributed by atoms with Crippen LogP contribution in [-0.2, 0) is 4.74 Å². The van der Waals surface area contributed by atoms with Crippen LogP contribution >= 0.6 is 0 Å². The number of hydrogen-bond acceptors (Lipinski definition) is 4. The molecule has 0 saturated carbocycles. The Hall–Kier alpha value is -2.38. The lowest BCUT2D eigenvalue weighted by atomic mass is 10.1. The third-order valence-electron chi connectivity index (χ3n) is 3.97. The van der Waals surface area contributed by atoms with E-state index in [1.165, 1.54) is 0 Å². The van der Waals surface area contributed by atoms with Crippen molar-refractivity contribution in [2.75, 3.05) is 23.3 Å². The third-order valence-corrected chi connectivity index (χ3v) is 3.97. The number of carbonyl (C=O) groups is 1. The highest BCUT2D eigenvalue weighted by Crippen LogP contribution is 2.33. The summed E-state index contributed by atoms with van der Waals surface area (Å²) in [7, 11) is 0. The van der Waals surface area contributed by atoms with E-state index in [4.69, 9.17) is 4.74 Å². The minimum Gasteiger partial charge on any atom is -0.444 e. The number of alkyl halides is 2. The van der Waals surface area contributed by atoms with Gasteiger partial charge in [0.2, 0.25) is 0 Å². The van der Waals surface area contributed by atoms with Crippen LogP contribution in [0.2, 0.25) is 0 Å². The summed E-state index contributed by atoms with van der Waals surface area (Å²) >= 11 is 0. The number of fused-ring (bicyclic) bond motifs is 1. The van der Waals surface area contributed by atoms with E-state index in [2.05, 4.69) is 10.4 Å². The molecule has 1 aliphatic heterocycles. The number of nitrogens with zero attached hydrogens (tertiary/aromatic N) is 3. The molecule has 0 atom stereocenters. The van der Waals surface area contributed by atoms with E-state index in [1.54, 1.807) is 43.7 Å². The van der Waals surface area contributed by atoms with Gasteiger partial charge in [-0.15, -0.1) is 0 Å². The Morgan fingerprint density at radius 3 is 2.64 bits per heavy atom. The predicted octanol–water partition coefficient (Wildman–Crippen LogP) is 3.92. The quantitative estimate of drug-likeness (QED) is 0.890. The van der Waals surface area contributed by atoms with E-state index in [0.29, 0.717) is 5.69 Å². The number of pyridine rings is 1. The number of halogens is 2. The SMILES string of the molecule is CC(C)(C)OC(=O)Nc1cc(N2CCC(F)(F)CC2)c2ccnn2c1. The molecule has 1 fully saturated rings. The number of hydrogen-bond donors (Lipinski definition) is 1. The second-order valence-electron chi connectivity index (χ2n) is 7.24. The van der Waals surface area contributed by atoms with Crippen molar-refractivity contribution in [2.45, 2.75) is 45.1 Å². The number of aromatic nitrogens is 2. The Balaban J connectivity index is 1.86. The van der Waals surface area contributed by atoms with Crippen molar-refractivity contribution in [3.8, 4) is 0 Å². The molecule has 0 spiro atoms. The second-order valence-corrected chi connectivity index (χ2v) is 7.24. The predicted molar refractivity (Wildman–Crippen MR) is 91.4 cm³/mol. The number of rotatable bonds is 2. The maximum Gasteiger partial charge on any atom is 0.412 e. The van der Waals surface area contributed by atoms with Crippen LogP contribution < -0.4 is 10.2 Å². The van der Waals surface area contributed by atoms with Gasteiger partial charge in [0, 0.05) is 25.9 Å². The van der Waals surface area contributed by atoms with Crippen LogP contribution in [0.25, 0.3) is 5.52 Å². The van der Waals surface area contributed by atoms with Crippen LogP contribution in [0.5, 0.6) is 0 Å². The number of amides is 1. The van der Waals surface area contributed by atoms with Gasteiger partial charge in [0.1, 0.15) is 5.60 Å². The lowest BCUT2D eigenvalue weighted by Gasteiger charge is -2.33. The van der Waals surface area contributed by atoms with E-state index in [0.717, 1.165) is 11.2 Å². The molecule has 6 nitrogen and oxygen atoms in total. The Bertz CT molecular complexity index is 773. The van der Waals surface area contributed by atoms with Crippen molar-refractivity contribution in [1.82, 2.24) is 9.61 Å². The largest absolute Gasteiger partial charge is 0.444 e. The van der Waals surface area contributed by atoms with E-state index in [1.807, 2.05) is 11.0 Å². The number of anilines is 2. The van der Waals surface area contributed by atoms with Crippen molar-refractivity contribution >= 4 is 23.0 Å². The van der Waals surface area contributed by atoms with Gasteiger partial charge in [0.15, 0.2) is 0 Å². The lowest BCUT2D eigenvalue weighted by Crippen LogP contribution is -2.39. The molecular formula is C17H22F2N4O2. The van der Waals surface area contributed by atoms with Gasteiger partial charge >= 0.3 is 6.09 Å². The van der Waals surface area contributed by atoms with Gasteiger partial charge in [0.25, 0.3) is 5.92 Å². The molecule has 2 aromatic heterocycles. The number of piperidine rings is 1. The van der Waals surface area contributed by atoms with Gasteiger partial charge in [-0.05, 0) is 32.9 Å². The third kappa shape index (κ3) is 4.18. The molecule has 3 heterocycles. The van der Waals surface area contributed by atoms with Crippen molar-refractivity contribution in [3.63, 3.8) is 0 Å². The molecule has 1 saturated heterocycles. The molecular weight excluding hydrogens is 330 g/mol. The summed E-state index contributed by atoms with van der Waals surface area (Å²) in [6, 6.07) is 3.59. The summed E-state index contributed by atoms with van der Waals surface area (Å²) in [5.41, 5.74) is 1.46. The second kappa shape index (κ2) is 6.16. The van der Waals surface area contributed by atoms with E-state index >= 15 is 0 Å². The molecule has 1 amide bonds. The maximum absolute atomic E-state index is 13.4. The Morgan fingerprint density at radius 1 is 1.32 bits per heavy atom. The van der Waals surface area contributed by atoms with Crippen LogP contribution in [0.4, 0.5) is 25.0 Å². The van der Waals surface area contributed by atoms with Gasteiger partial charge in [-0.3, -0.25) is 5.32 Å². The van der Waals surface area contributed by atoms with Crippen LogP contribution in [-0.4, -0.2) is 40.3 Å². The molecule has 0 unspecified atom stereocenters. The van der Waals surface area contributed by atoms with Crippen molar-refractivity contribution in [1.29, 1.82) is 0 Å². The highest BCUT2D eigenvalue weighted by Gasteiger charge is 2.34. The molecule has 136 valence electrons.